The second-order valence-corrected chi connectivity index (χ2v) is 5.55. The zero-order chi connectivity index (χ0) is 18.5. The first kappa shape index (κ1) is 17.4. The van der Waals surface area contributed by atoms with Crippen molar-refractivity contribution in [3.8, 4) is 5.75 Å². The quantitative estimate of drug-likeness (QED) is 0.699. The number of aryl methyl sites for hydroxylation is 2. The van der Waals surface area contributed by atoms with Crippen LogP contribution in [-0.2, 0) is 0 Å². The molecule has 0 spiro atoms. The smallest absolute Gasteiger partial charge is 0.275 e. The fourth-order valence-electron chi connectivity index (χ4n) is 2.32. The Kier molecular flexibility index (Phi) is 5.12. The molecule has 0 aliphatic carbocycles. The third-order valence-electron chi connectivity index (χ3n) is 3.39. The second-order valence-electron chi connectivity index (χ2n) is 5.55. The van der Waals surface area contributed by atoms with Crippen LogP contribution >= 0.6 is 0 Å². The average molecular weight is 353 g/mol. The third kappa shape index (κ3) is 4.15. The van der Waals surface area contributed by atoms with Crippen LogP contribution in [0.4, 0.5) is 17.5 Å². The summed E-state index contributed by atoms with van der Waals surface area (Å²) in [7, 11) is 0. The van der Waals surface area contributed by atoms with Gasteiger partial charge in [0.1, 0.15) is 17.2 Å². The van der Waals surface area contributed by atoms with Crippen molar-refractivity contribution in [1.29, 1.82) is 0 Å². The van der Waals surface area contributed by atoms with Crippen LogP contribution in [0.15, 0.2) is 40.9 Å². The summed E-state index contributed by atoms with van der Waals surface area (Å²) in [5.74, 6) is 1.53. The lowest BCUT2D eigenvalue weighted by atomic mass is 10.3. The molecule has 0 aliphatic rings. The summed E-state index contributed by atoms with van der Waals surface area (Å²) < 4.78 is 10.5. The maximum Gasteiger partial charge on any atom is 0.275 e. The van der Waals surface area contributed by atoms with Crippen LogP contribution < -0.4 is 15.4 Å². The molecule has 0 saturated heterocycles. The molecule has 8 nitrogen and oxygen atoms in total. The summed E-state index contributed by atoms with van der Waals surface area (Å²) in [6.45, 7) is 5.99. The van der Waals surface area contributed by atoms with Crippen molar-refractivity contribution < 1.29 is 14.1 Å². The van der Waals surface area contributed by atoms with Gasteiger partial charge in [-0.15, -0.1) is 0 Å². The monoisotopic (exact) mass is 353 g/mol. The van der Waals surface area contributed by atoms with E-state index in [4.69, 9.17) is 9.26 Å². The number of ether oxygens (including phenoxy) is 1. The number of anilines is 3. The van der Waals surface area contributed by atoms with Crippen molar-refractivity contribution in [2.75, 3.05) is 17.2 Å². The van der Waals surface area contributed by atoms with Crippen molar-refractivity contribution in [3.05, 3.63) is 53.5 Å². The number of benzene rings is 1. The van der Waals surface area contributed by atoms with Crippen LogP contribution in [-0.4, -0.2) is 27.6 Å². The van der Waals surface area contributed by atoms with Gasteiger partial charge < -0.3 is 19.9 Å². The summed E-state index contributed by atoms with van der Waals surface area (Å²) in [6, 6.07) is 10.7. The van der Waals surface area contributed by atoms with Gasteiger partial charge in [-0.25, -0.2) is 9.97 Å². The van der Waals surface area contributed by atoms with Gasteiger partial charge in [-0.05, 0) is 39.0 Å². The topological polar surface area (TPSA) is 102 Å². The third-order valence-corrected chi connectivity index (χ3v) is 3.39. The molecule has 134 valence electrons. The average Bonchev–Trinajstić information content (AvgIpc) is 3.01. The molecule has 0 saturated carbocycles. The molecule has 0 radical (unpaired) electrons. The number of carbonyl (C=O) groups is 1. The van der Waals surface area contributed by atoms with Gasteiger partial charge in [-0.3, -0.25) is 4.79 Å². The molecule has 0 aliphatic heterocycles. The first-order valence-electron chi connectivity index (χ1n) is 8.14. The molecule has 0 bridgehead atoms. The molecule has 26 heavy (non-hydrogen) atoms. The van der Waals surface area contributed by atoms with E-state index in [2.05, 4.69) is 25.8 Å². The zero-order valence-electron chi connectivity index (χ0n) is 14.7. The highest BCUT2D eigenvalue weighted by Gasteiger charge is 2.14. The maximum atomic E-state index is 12.4. The van der Waals surface area contributed by atoms with Crippen molar-refractivity contribution >= 4 is 23.4 Å². The summed E-state index contributed by atoms with van der Waals surface area (Å²) in [5, 5.41) is 9.49. The van der Waals surface area contributed by atoms with Crippen LogP contribution in [0.1, 0.15) is 28.9 Å². The lowest BCUT2D eigenvalue weighted by Gasteiger charge is -2.12. The fraction of sp³-hybridized carbons (Fsp3) is 0.222. The molecular weight excluding hydrogens is 334 g/mol. The van der Waals surface area contributed by atoms with Crippen molar-refractivity contribution in [2.45, 2.75) is 20.8 Å². The van der Waals surface area contributed by atoms with E-state index < -0.39 is 5.91 Å². The van der Waals surface area contributed by atoms with E-state index >= 15 is 0 Å². The van der Waals surface area contributed by atoms with E-state index in [9.17, 15) is 4.79 Å². The van der Waals surface area contributed by atoms with Crippen molar-refractivity contribution in [2.24, 2.45) is 0 Å². The summed E-state index contributed by atoms with van der Waals surface area (Å²) in [4.78, 5) is 21.0. The minimum atomic E-state index is -0.398. The standard InChI is InChI=1S/C18H19N5O3/c1-4-25-15-8-6-5-7-13(15)20-18-19-11(2)9-14(21-18)17(24)22-16-10-12(3)26-23-16/h5-10H,4H2,1-3H3,(H,19,20,21)(H,22,23,24). The summed E-state index contributed by atoms with van der Waals surface area (Å²) in [5.41, 5.74) is 1.59. The Morgan fingerprint density at radius 2 is 2.00 bits per heavy atom. The van der Waals surface area contributed by atoms with E-state index in [-0.39, 0.29) is 5.69 Å². The van der Waals surface area contributed by atoms with Crippen LogP contribution in [0.3, 0.4) is 0 Å². The predicted octanol–water partition coefficient (Wildman–Crippen LogP) is 3.48. The van der Waals surface area contributed by atoms with Gasteiger partial charge in [0.25, 0.3) is 5.91 Å². The Bertz CT molecular complexity index is 923. The van der Waals surface area contributed by atoms with Crippen LogP contribution in [0, 0.1) is 13.8 Å². The van der Waals surface area contributed by atoms with E-state index in [0.29, 0.717) is 35.6 Å². The molecule has 8 heteroatoms. The minimum absolute atomic E-state index is 0.217. The maximum absolute atomic E-state index is 12.4. The molecule has 0 fully saturated rings. The molecular formula is C18H19N5O3. The Balaban J connectivity index is 1.82. The highest BCUT2D eigenvalue weighted by atomic mass is 16.5. The van der Waals surface area contributed by atoms with E-state index in [1.54, 1.807) is 26.0 Å². The van der Waals surface area contributed by atoms with E-state index in [1.165, 1.54) is 0 Å². The molecule has 2 aromatic heterocycles. The highest BCUT2D eigenvalue weighted by molar-refractivity contribution is 6.02. The molecule has 0 atom stereocenters. The molecule has 0 unspecified atom stereocenters. The van der Waals surface area contributed by atoms with Gasteiger partial charge in [0, 0.05) is 11.8 Å². The molecule has 3 aromatic rings. The Morgan fingerprint density at radius 1 is 1.19 bits per heavy atom. The lowest BCUT2D eigenvalue weighted by molar-refractivity contribution is 0.102. The zero-order valence-corrected chi connectivity index (χ0v) is 14.7. The molecule has 1 aromatic carbocycles. The van der Waals surface area contributed by atoms with E-state index in [0.717, 1.165) is 5.69 Å². The number of rotatable bonds is 6. The first-order valence-corrected chi connectivity index (χ1v) is 8.14. The molecule has 1 amide bonds. The van der Waals surface area contributed by atoms with E-state index in [1.807, 2.05) is 31.2 Å². The number of amides is 1. The van der Waals surface area contributed by atoms with Crippen molar-refractivity contribution in [1.82, 2.24) is 15.1 Å². The molecule has 2 N–H and O–H groups in total. The Morgan fingerprint density at radius 3 is 2.73 bits per heavy atom. The second kappa shape index (κ2) is 7.64. The number of hydrogen-bond acceptors (Lipinski definition) is 7. The first-order chi connectivity index (χ1) is 12.5. The summed E-state index contributed by atoms with van der Waals surface area (Å²) >= 11 is 0. The number of para-hydroxylation sites is 2. The largest absolute Gasteiger partial charge is 0.492 e. The SMILES string of the molecule is CCOc1ccccc1Nc1nc(C)cc(C(=O)Nc2cc(C)on2)n1. The normalized spacial score (nSPS) is 10.4. The van der Waals surface area contributed by atoms with Gasteiger partial charge in [0.05, 0.1) is 12.3 Å². The lowest BCUT2D eigenvalue weighted by Crippen LogP contribution is -2.15. The predicted molar refractivity (Wildman–Crippen MR) is 96.9 cm³/mol. The molecule has 2 heterocycles. The Labute approximate surface area is 150 Å². The van der Waals surface area contributed by atoms with Crippen LogP contribution in [0.5, 0.6) is 5.75 Å². The Hall–Kier alpha value is -3.42. The summed E-state index contributed by atoms with van der Waals surface area (Å²) in [6.07, 6.45) is 0. The van der Waals surface area contributed by atoms with Gasteiger partial charge in [-0.1, -0.05) is 17.3 Å². The van der Waals surface area contributed by atoms with Gasteiger partial charge >= 0.3 is 0 Å². The van der Waals surface area contributed by atoms with Crippen LogP contribution in [0.25, 0.3) is 0 Å². The molecule has 3 rings (SSSR count). The number of nitrogens with one attached hydrogen (secondary N) is 2. The number of aromatic nitrogens is 3. The van der Waals surface area contributed by atoms with Crippen molar-refractivity contribution in [3.63, 3.8) is 0 Å². The van der Waals surface area contributed by atoms with Crippen LogP contribution in [0.2, 0.25) is 0 Å². The van der Waals surface area contributed by atoms with Gasteiger partial charge in [0.15, 0.2) is 5.82 Å². The van der Waals surface area contributed by atoms with Gasteiger partial charge in [0.2, 0.25) is 5.95 Å². The number of nitrogens with zero attached hydrogens (tertiary/aromatic N) is 3. The number of carbonyl (C=O) groups excluding carboxylic acids is 1. The number of hydrogen-bond donors (Lipinski definition) is 2. The minimum Gasteiger partial charge on any atom is -0.492 e. The highest BCUT2D eigenvalue weighted by Crippen LogP contribution is 2.26. The van der Waals surface area contributed by atoms with Gasteiger partial charge in [-0.2, -0.15) is 0 Å². The fourth-order valence-corrected chi connectivity index (χ4v) is 2.32.